The Bertz CT molecular complexity index is 964. The van der Waals surface area contributed by atoms with Crippen LogP contribution in [-0.4, -0.2) is 36.5 Å². The zero-order chi connectivity index (χ0) is 19.9. The molecule has 2 N–H and O–H groups in total. The number of carbonyl (C=O) groups excluding carboxylic acids is 2. The van der Waals surface area contributed by atoms with Gasteiger partial charge in [-0.05, 0) is 30.7 Å². The van der Waals surface area contributed by atoms with Crippen LogP contribution in [0.3, 0.4) is 0 Å². The minimum absolute atomic E-state index is 0.0775. The second-order valence-electron chi connectivity index (χ2n) is 6.46. The maximum atomic E-state index is 12.4. The van der Waals surface area contributed by atoms with E-state index in [2.05, 4.69) is 10.3 Å². The van der Waals surface area contributed by atoms with E-state index in [1.807, 2.05) is 61.7 Å². The van der Waals surface area contributed by atoms with Gasteiger partial charge in [-0.15, -0.1) is 0 Å². The molecule has 3 aromatic rings. The molecule has 0 bridgehead atoms. The fourth-order valence-electron chi connectivity index (χ4n) is 3.23. The van der Waals surface area contributed by atoms with Gasteiger partial charge in [-0.2, -0.15) is 0 Å². The van der Waals surface area contributed by atoms with E-state index in [-0.39, 0.29) is 11.8 Å². The molecule has 0 aliphatic rings. The third-order valence-electron chi connectivity index (χ3n) is 4.52. The highest BCUT2D eigenvalue weighted by Gasteiger charge is 2.16. The van der Waals surface area contributed by atoms with Crippen LogP contribution in [-0.2, 0) is 16.0 Å². The lowest BCUT2D eigenvalue weighted by Crippen LogP contribution is -2.38. The smallest absolute Gasteiger partial charge is 0.224 e. The Kier molecular flexibility index (Phi) is 6.32. The molecule has 1 aromatic heterocycles. The maximum Gasteiger partial charge on any atom is 0.224 e. The summed E-state index contributed by atoms with van der Waals surface area (Å²) in [4.78, 5) is 29.3. The lowest BCUT2D eigenvalue weighted by Gasteiger charge is -2.23. The Hall–Kier alpha value is -3.28. The fraction of sp³-hybridized carbons (Fsp3) is 0.273. The number of para-hydroxylation sites is 3. The van der Waals surface area contributed by atoms with Gasteiger partial charge in [0.1, 0.15) is 5.75 Å². The highest BCUT2D eigenvalue weighted by atomic mass is 16.5. The van der Waals surface area contributed by atoms with Crippen molar-refractivity contribution in [1.29, 1.82) is 0 Å². The van der Waals surface area contributed by atoms with E-state index >= 15 is 0 Å². The first-order valence-corrected chi connectivity index (χ1v) is 9.41. The molecule has 0 aliphatic heterocycles. The molecule has 0 atom stereocenters. The molecule has 2 aromatic carbocycles. The van der Waals surface area contributed by atoms with Gasteiger partial charge in [-0.3, -0.25) is 9.59 Å². The van der Waals surface area contributed by atoms with E-state index < -0.39 is 0 Å². The maximum absolute atomic E-state index is 12.4. The van der Waals surface area contributed by atoms with Gasteiger partial charge in [-0.1, -0.05) is 30.3 Å². The van der Waals surface area contributed by atoms with Gasteiger partial charge in [0.05, 0.1) is 18.7 Å². The number of nitrogens with zero attached hydrogens (tertiary/aromatic N) is 1. The number of benzene rings is 2. The number of hydrogen-bond acceptors (Lipinski definition) is 3. The highest BCUT2D eigenvalue weighted by Crippen LogP contribution is 2.28. The molecule has 1 heterocycles. The van der Waals surface area contributed by atoms with Crippen LogP contribution in [0.15, 0.2) is 54.7 Å². The predicted octanol–water partition coefficient (Wildman–Crippen LogP) is 3.28. The number of rotatable bonds is 8. The summed E-state index contributed by atoms with van der Waals surface area (Å²) in [6.07, 6.45) is 2.16. The van der Waals surface area contributed by atoms with Crippen molar-refractivity contribution < 1.29 is 14.3 Å². The Morgan fingerprint density at radius 3 is 2.64 bits per heavy atom. The monoisotopic (exact) mass is 379 g/mol. The van der Waals surface area contributed by atoms with Gasteiger partial charge < -0.3 is 19.9 Å². The normalized spacial score (nSPS) is 10.6. The molecule has 0 radical (unpaired) electrons. The summed E-state index contributed by atoms with van der Waals surface area (Å²) in [6.45, 7) is 4.67. The van der Waals surface area contributed by atoms with Crippen LogP contribution < -0.4 is 15.0 Å². The number of hydrogen-bond donors (Lipinski definition) is 2. The average molecular weight is 379 g/mol. The van der Waals surface area contributed by atoms with Crippen molar-refractivity contribution in [2.75, 3.05) is 24.6 Å². The SMILES string of the molecule is CCOc1ccccc1N(CCNC(=O)Cc1c[nH]c2ccccc12)C(C)=O. The number of aromatic nitrogens is 1. The number of ether oxygens (including phenoxy) is 1. The van der Waals surface area contributed by atoms with Gasteiger partial charge >= 0.3 is 0 Å². The number of H-pyrrole nitrogens is 1. The minimum Gasteiger partial charge on any atom is -0.492 e. The number of nitrogens with one attached hydrogen (secondary N) is 2. The summed E-state index contributed by atoms with van der Waals surface area (Å²) in [5.74, 6) is 0.481. The predicted molar refractivity (Wildman–Crippen MR) is 111 cm³/mol. The molecule has 3 rings (SSSR count). The second-order valence-corrected chi connectivity index (χ2v) is 6.46. The first-order valence-electron chi connectivity index (χ1n) is 9.41. The molecule has 0 saturated carbocycles. The number of fused-ring (bicyclic) bond motifs is 1. The number of carbonyl (C=O) groups is 2. The Labute approximate surface area is 164 Å². The zero-order valence-corrected chi connectivity index (χ0v) is 16.2. The van der Waals surface area contributed by atoms with Crippen molar-refractivity contribution in [3.63, 3.8) is 0 Å². The second kappa shape index (κ2) is 9.08. The molecule has 6 nitrogen and oxygen atoms in total. The van der Waals surface area contributed by atoms with Gasteiger partial charge in [0.15, 0.2) is 0 Å². The molecule has 0 saturated heterocycles. The van der Waals surface area contributed by atoms with Crippen LogP contribution in [0.4, 0.5) is 5.69 Å². The van der Waals surface area contributed by atoms with Crippen molar-refractivity contribution in [2.24, 2.45) is 0 Å². The third-order valence-corrected chi connectivity index (χ3v) is 4.52. The lowest BCUT2D eigenvalue weighted by molar-refractivity contribution is -0.121. The first-order chi connectivity index (χ1) is 13.6. The standard InChI is InChI=1S/C22H25N3O3/c1-3-28-21-11-7-6-10-20(21)25(16(2)26)13-12-23-22(27)14-17-15-24-19-9-5-4-8-18(17)19/h4-11,15,24H,3,12-14H2,1-2H3,(H,23,27). The number of amides is 2. The molecule has 0 spiro atoms. The van der Waals surface area contributed by atoms with E-state index in [4.69, 9.17) is 4.74 Å². The van der Waals surface area contributed by atoms with Crippen LogP contribution in [0.1, 0.15) is 19.4 Å². The van der Waals surface area contributed by atoms with Crippen LogP contribution in [0, 0.1) is 0 Å². The van der Waals surface area contributed by atoms with Crippen molar-refractivity contribution in [2.45, 2.75) is 20.3 Å². The average Bonchev–Trinajstić information content (AvgIpc) is 3.09. The van der Waals surface area contributed by atoms with Crippen LogP contribution in [0.2, 0.25) is 0 Å². The zero-order valence-electron chi connectivity index (χ0n) is 16.2. The summed E-state index contributed by atoms with van der Waals surface area (Å²) in [6, 6.07) is 15.3. The van der Waals surface area contributed by atoms with Crippen LogP contribution in [0.5, 0.6) is 5.75 Å². The van der Waals surface area contributed by atoms with Crippen LogP contribution >= 0.6 is 0 Å². The minimum atomic E-state index is -0.0990. The highest BCUT2D eigenvalue weighted by molar-refractivity contribution is 5.93. The Balaban J connectivity index is 1.60. The van der Waals surface area contributed by atoms with E-state index in [0.29, 0.717) is 37.6 Å². The molecular formula is C22H25N3O3. The molecule has 28 heavy (non-hydrogen) atoms. The largest absolute Gasteiger partial charge is 0.492 e. The molecule has 6 heteroatoms. The number of anilines is 1. The lowest BCUT2D eigenvalue weighted by atomic mass is 10.1. The van der Waals surface area contributed by atoms with E-state index in [9.17, 15) is 9.59 Å². The van der Waals surface area contributed by atoms with E-state index in [0.717, 1.165) is 16.5 Å². The van der Waals surface area contributed by atoms with E-state index in [1.54, 1.807) is 4.90 Å². The quantitative estimate of drug-likeness (QED) is 0.631. The van der Waals surface area contributed by atoms with Crippen molar-refractivity contribution >= 4 is 28.4 Å². The summed E-state index contributed by atoms with van der Waals surface area (Å²) >= 11 is 0. The molecule has 2 amide bonds. The topological polar surface area (TPSA) is 74.4 Å². The van der Waals surface area contributed by atoms with Gasteiger partial charge in [0.25, 0.3) is 0 Å². The Morgan fingerprint density at radius 2 is 1.86 bits per heavy atom. The van der Waals surface area contributed by atoms with Gasteiger partial charge in [-0.25, -0.2) is 0 Å². The van der Waals surface area contributed by atoms with Crippen LogP contribution in [0.25, 0.3) is 10.9 Å². The molecule has 146 valence electrons. The van der Waals surface area contributed by atoms with Gasteiger partial charge in [0.2, 0.25) is 11.8 Å². The summed E-state index contributed by atoms with van der Waals surface area (Å²) in [5, 5.41) is 3.95. The molecular weight excluding hydrogens is 354 g/mol. The van der Waals surface area contributed by atoms with Crippen molar-refractivity contribution in [1.82, 2.24) is 10.3 Å². The molecule has 0 aliphatic carbocycles. The third kappa shape index (κ3) is 4.52. The summed E-state index contributed by atoms with van der Waals surface area (Å²) in [7, 11) is 0. The van der Waals surface area contributed by atoms with Gasteiger partial charge in [0, 0.05) is 37.1 Å². The van der Waals surface area contributed by atoms with E-state index in [1.165, 1.54) is 6.92 Å². The Morgan fingerprint density at radius 1 is 1.11 bits per heavy atom. The molecule has 0 fully saturated rings. The fourth-order valence-corrected chi connectivity index (χ4v) is 3.23. The van der Waals surface area contributed by atoms with Crippen molar-refractivity contribution in [3.05, 3.63) is 60.3 Å². The first kappa shape index (κ1) is 19.5. The summed E-state index contributed by atoms with van der Waals surface area (Å²) in [5.41, 5.74) is 2.68. The number of aromatic amines is 1. The molecule has 0 unspecified atom stereocenters. The van der Waals surface area contributed by atoms with Crippen molar-refractivity contribution in [3.8, 4) is 5.75 Å². The summed E-state index contributed by atoms with van der Waals surface area (Å²) < 4.78 is 5.62.